The molecule has 0 atom stereocenters. The van der Waals surface area contributed by atoms with E-state index in [1.807, 2.05) is 0 Å². The maximum absolute atomic E-state index is 9.90. The standard InChI is InChI=1S/C8H7NO3/c10-5-9-8-3-6-4-11-2-1-7(6)12-8/h3H,1-2,4H2. The fourth-order valence-corrected chi connectivity index (χ4v) is 1.23. The van der Waals surface area contributed by atoms with E-state index >= 15 is 0 Å². The molecule has 2 heterocycles. The van der Waals surface area contributed by atoms with E-state index in [0.717, 1.165) is 17.7 Å². The normalized spacial score (nSPS) is 15.0. The summed E-state index contributed by atoms with van der Waals surface area (Å²) in [6, 6.07) is 1.71. The third-order valence-electron chi connectivity index (χ3n) is 1.77. The Morgan fingerprint density at radius 1 is 1.58 bits per heavy atom. The predicted molar refractivity (Wildman–Crippen MR) is 39.8 cm³/mol. The predicted octanol–water partition coefficient (Wildman–Crippen LogP) is 1.32. The van der Waals surface area contributed by atoms with Crippen LogP contribution in [0.15, 0.2) is 15.5 Å². The van der Waals surface area contributed by atoms with Gasteiger partial charge in [-0.15, -0.1) is 4.99 Å². The minimum Gasteiger partial charge on any atom is -0.442 e. The lowest BCUT2D eigenvalue weighted by Gasteiger charge is -2.08. The van der Waals surface area contributed by atoms with Gasteiger partial charge in [0.25, 0.3) is 0 Å². The molecule has 0 unspecified atom stereocenters. The lowest BCUT2D eigenvalue weighted by Crippen LogP contribution is -2.06. The number of hydrogen-bond donors (Lipinski definition) is 0. The van der Waals surface area contributed by atoms with Crippen LogP contribution in [-0.4, -0.2) is 12.7 Å². The topological polar surface area (TPSA) is 51.8 Å². The summed E-state index contributed by atoms with van der Waals surface area (Å²) in [5, 5.41) is 0. The maximum atomic E-state index is 9.90. The Kier molecular flexibility index (Phi) is 1.78. The van der Waals surface area contributed by atoms with Gasteiger partial charge in [-0.2, -0.15) is 0 Å². The molecular weight excluding hydrogens is 158 g/mol. The number of isocyanates is 1. The molecule has 1 aliphatic rings. The molecule has 0 aromatic carbocycles. The highest BCUT2D eigenvalue weighted by atomic mass is 16.5. The fraction of sp³-hybridized carbons (Fsp3) is 0.375. The number of rotatable bonds is 1. The SMILES string of the molecule is O=C=Nc1cc2c(o1)CCOC2. The van der Waals surface area contributed by atoms with Gasteiger partial charge in [-0.05, 0) is 0 Å². The monoisotopic (exact) mass is 165 g/mol. The van der Waals surface area contributed by atoms with Crippen LogP contribution in [0.2, 0.25) is 0 Å². The molecule has 2 rings (SSSR count). The van der Waals surface area contributed by atoms with E-state index in [0.29, 0.717) is 19.1 Å². The van der Waals surface area contributed by atoms with Crippen LogP contribution in [0.4, 0.5) is 5.88 Å². The van der Waals surface area contributed by atoms with Crippen molar-refractivity contribution in [3.05, 3.63) is 17.4 Å². The summed E-state index contributed by atoms with van der Waals surface area (Å²) in [6.45, 7) is 1.22. The molecule has 0 saturated carbocycles. The first-order valence-corrected chi connectivity index (χ1v) is 3.67. The van der Waals surface area contributed by atoms with Crippen molar-refractivity contribution in [2.24, 2.45) is 4.99 Å². The maximum Gasteiger partial charge on any atom is 0.243 e. The van der Waals surface area contributed by atoms with Gasteiger partial charge >= 0.3 is 0 Å². The van der Waals surface area contributed by atoms with Crippen LogP contribution in [0, 0.1) is 0 Å². The van der Waals surface area contributed by atoms with Crippen LogP contribution >= 0.6 is 0 Å². The van der Waals surface area contributed by atoms with Crippen LogP contribution in [0.1, 0.15) is 11.3 Å². The van der Waals surface area contributed by atoms with Gasteiger partial charge < -0.3 is 9.15 Å². The van der Waals surface area contributed by atoms with Crippen LogP contribution < -0.4 is 0 Å². The van der Waals surface area contributed by atoms with Crippen molar-refractivity contribution in [2.45, 2.75) is 13.0 Å². The van der Waals surface area contributed by atoms with E-state index in [4.69, 9.17) is 9.15 Å². The van der Waals surface area contributed by atoms with Crippen LogP contribution in [-0.2, 0) is 22.6 Å². The second-order valence-electron chi connectivity index (χ2n) is 2.54. The summed E-state index contributed by atoms with van der Waals surface area (Å²) in [4.78, 5) is 13.3. The molecule has 0 amide bonds. The number of ether oxygens (including phenoxy) is 1. The Hall–Kier alpha value is -1.38. The van der Waals surface area contributed by atoms with Crippen molar-refractivity contribution in [2.75, 3.05) is 6.61 Å². The van der Waals surface area contributed by atoms with Crippen LogP contribution in [0.3, 0.4) is 0 Å². The highest BCUT2D eigenvalue weighted by molar-refractivity contribution is 5.45. The molecule has 4 heteroatoms. The van der Waals surface area contributed by atoms with E-state index < -0.39 is 0 Å². The Balaban J connectivity index is 2.37. The molecule has 0 aliphatic carbocycles. The molecule has 62 valence electrons. The third kappa shape index (κ3) is 1.18. The second-order valence-corrected chi connectivity index (χ2v) is 2.54. The summed E-state index contributed by atoms with van der Waals surface area (Å²) in [5.41, 5.74) is 0.982. The van der Waals surface area contributed by atoms with Crippen molar-refractivity contribution in [3.8, 4) is 0 Å². The molecule has 0 saturated heterocycles. The molecule has 4 nitrogen and oxygen atoms in total. The Labute approximate surface area is 68.9 Å². The van der Waals surface area contributed by atoms with Gasteiger partial charge in [-0.25, -0.2) is 4.79 Å². The van der Waals surface area contributed by atoms with E-state index in [-0.39, 0.29) is 0 Å². The highest BCUT2D eigenvalue weighted by Crippen LogP contribution is 2.25. The van der Waals surface area contributed by atoms with Crippen molar-refractivity contribution in [1.82, 2.24) is 0 Å². The van der Waals surface area contributed by atoms with Gasteiger partial charge in [0, 0.05) is 18.1 Å². The summed E-state index contributed by atoms with van der Waals surface area (Å²) >= 11 is 0. The quantitative estimate of drug-likeness (QED) is 0.465. The van der Waals surface area contributed by atoms with Gasteiger partial charge in [-0.1, -0.05) is 0 Å². The highest BCUT2D eigenvalue weighted by Gasteiger charge is 2.14. The Bertz CT molecular complexity index is 313. The number of carbonyl (C=O) groups excluding carboxylic acids is 1. The molecule has 0 fully saturated rings. The fourth-order valence-electron chi connectivity index (χ4n) is 1.23. The van der Waals surface area contributed by atoms with E-state index in [2.05, 4.69) is 4.99 Å². The Morgan fingerprint density at radius 3 is 3.25 bits per heavy atom. The minimum absolute atomic E-state index is 0.320. The molecule has 1 aromatic heterocycles. The smallest absolute Gasteiger partial charge is 0.243 e. The zero-order chi connectivity index (χ0) is 8.39. The minimum atomic E-state index is 0.320. The number of aliphatic imine (C=N–C) groups is 1. The van der Waals surface area contributed by atoms with Crippen molar-refractivity contribution in [3.63, 3.8) is 0 Å². The second kappa shape index (κ2) is 2.93. The molecular formula is C8H7NO3. The number of fused-ring (bicyclic) bond motifs is 1. The molecule has 0 N–H and O–H groups in total. The summed E-state index contributed by atoms with van der Waals surface area (Å²) in [7, 11) is 0. The zero-order valence-corrected chi connectivity index (χ0v) is 6.37. The number of hydrogen-bond acceptors (Lipinski definition) is 4. The summed E-state index contributed by atoms with van der Waals surface area (Å²) in [6.07, 6.45) is 2.19. The largest absolute Gasteiger partial charge is 0.442 e. The number of furan rings is 1. The van der Waals surface area contributed by atoms with Crippen LogP contribution in [0.5, 0.6) is 0 Å². The summed E-state index contributed by atoms with van der Waals surface area (Å²) in [5.74, 6) is 1.19. The first kappa shape index (κ1) is 7.28. The average molecular weight is 165 g/mol. The van der Waals surface area contributed by atoms with E-state index in [1.165, 1.54) is 6.08 Å². The first-order chi connectivity index (χ1) is 5.90. The average Bonchev–Trinajstić information content (AvgIpc) is 2.47. The van der Waals surface area contributed by atoms with Gasteiger partial charge in [0.2, 0.25) is 12.0 Å². The molecule has 1 aromatic rings. The van der Waals surface area contributed by atoms with E-state index in [9.17, 15) is 4.79 Å². The lowest BCUT2D eigenvalue weighted by atomic mass is 10.2. The Morgan fingerprint density at radius 2 is 2.50 bits per heavy atom. The molecule has 0 spiro atoms. The molecule has 0 radical (unpaired) electrons. The van der Waals surface area contributed by atoms with E-state index in [1.54, 1.807) is 6.07 Å². The van der Waals surface area contributed by atoms with Gasteiger partial charge in [-0.3, -0.25) is 0 Å². The lowest BCUT2D eigenvalue weighted by molar-refractivity contribution is 0.104. The van der Waals surface area contributed by atoms with Crippen LogP contribution in [0.25, 0.3) is 0 Å². The number of nitrogens with zero attached hydrogens (tertiary/aromatic N) is 1. The third-order valence-corrected chi connectivity index (χ3v) is 1.77. The van der Waals surface area contributed by atoms with Gasteiger partial charge in [0.1, 0.15) is 5.76 Å². The van der Waals surface area contributed by atoms with Crippen molar-refractivity contribution >= 4 is 12.0 Å². The van der Waals surface area contributed by atoms with Crippen molar-refractivity contribution in [1.29, 1.82) is 0 Å². The molecule has 12 heavy (non-hydrogen) atoms. The molecule has 0 bridgehead atoms. The first-order valence-electron chi connectivity index (χ1n) is 3.67. The zero-order valence-electron chi connectivity index (χ0n) is 6.37. The van der Waals surface area contributed by atoms with Gasteiger partial charge in [0.15, 0.2) is 0 Å². The van der Waals surface area contributed by atoms with Crippen molar-refractivity contribution < 1.29 is 13.9 Å². The van der Waals surface area contributed by atoms with Gasteiger partial charge in [0.05, 0.1) is 13.2 Å². The summed E-state index contributed by atoms with van der Waals surface area (Å²) < 4.78 is 10.4. The molecule has 1 aliphatic heterocycles.